The minimum Gasteiger partial charge on any atom is -0.480 e. The highest BCUT2D eigenvalue weighted by Gasteiger charge is 2.13. The molecule has 0 saturated carbocycles. The van der Waals surface area contributed by atoms with E-state index in [9.17, 15) is 9.59 Å². The van der Waals surface area contributed by atoms with Crippen LogP contribution >= 0.6 is 0 Å². The first-order valence-electron chi connectivity index (χ1n) is 5.23. The van der Waals surface area contributed by atoms with Crippen molar-refractivity contribution in [2.45, 2.75) is 25.4 Å². The molecule has 4 N–H and O–H groups in total. The number of nitrogens with zero attached hydrogens (tertiary/aromatic N) is 1. The fourth-order valence-corrected chi connectivity index (χ4v) is 1.20. The zero-order chi connectivity index (χ0) is 12.7. The number of aromatic nitrogens is 1. The average Bonchev–Trinajstić information content (AvgIpc) is 2.34. The number of carbonyl (C=O) groups is 2. The maximum Gasteiger partial charge on any atom is 0.320 e. The van der Waals surface area contributed by atoms with E-state index in [4.69, 9.17) is 10.8 Å². The Morgan fingerprint density at radius 3 is 2.88 bits per heavy atom. The third-order valence-electron chi connectivity index (χ3n) is 2.21. The first-order chi connectivity index (χ1) is 8.09. The largest absolute Gasteiger partial charge is 0.480 e. The summed E-state index contributed by atoms with van der Waals surface area (Å²) < 4.78 is 0. The molecule has 0 aromatic carbocycles. The SMILES string of the molecule is N[C@@H](CCC(=O)NCc1cccnc1)C(=O)O. The molecule has 1 atom stereocenters. The van der Waals surface area contributed by atoms with Crippen LogP contribution < -0.4 is 11.1 Å². The second-order valence-corrected chi connectivity index (χ2v) is 3.62. The average molecular weight is 237 g/mol. The van der Waals surface area contributed by atoms with Crippen LogP contribution in [0.1, 0.15) is 18.4 Å². The van der Waals surface area contributed by atoms with E-state index >= 15 is 0 Å². The fraction of sp³-hybridized carbons (Fsp3) is 0.364. The molecule has 1 heterocycles. The van der Waals surface area contributed by atoms with Gasteiger partial charge >= 0.3 is 5.97 Å². The molecule has 0 aliphatic carbocycles. The van der Waals surface area contributed by atoms with E-state index in [2.05, 4.69) is 10.3 Å². The summed E-state index contributed by atoms with van der Waals surface area (Å²) in [6, 6.07) is 2.64. The molecule has 1 aromatic rings. The van der Waals surface area contributed by atoms with E-state index in [0.29, 0.717) is 6.54 Å². The van der Waals surface area contributed by atoms with Crippen LogP contribution in [0.2, 0.25) is 0 Å². The molecule has 1 aromatic heterocycles. The van der Waals surface area contributed by atoms with Gasteiger partial charge in [0.05, 0.1) is 0 Å². The van der Waals surface area contributed by atoms with Crippen molar-refractivity contribution < 1.29 is 14.7 Å². The van der Waals surface area contributed by atoms with Gasteiger partial charge in [0.25, 0.3) is 0 Å². The van der Waals surface area contributed by atoms with Crippen LogP contribution in [0, 0.1) is 0 Å². The smallest absolute Gasteiger partial charge is 0.320 e. The molecule has 0 unspecified atom stereocenters. The van der Waals surface area contributed by atoms with Gasteiger partial charge in [-0.05, 0) is 18.1 Å². The molecule has 0 fully saturated rings. The first-order valence-corrected chi connectivity index (χ1v) is 5.23. The normalized spacial score (nSPS) is 11.8. The summed E-state index contributed by atoms with van der Waals surface area (Å²) in [4.78, 5) is 25.7. The Morgan fingerprint density at radius 1 is 1.53 bits per heavy atom. The van der Waals surface area contributed by atoms with Crippen molar-refractivity contribution in [1.29, 1.82) is 0 Å². The molecule has 6 heteroatoms. The van der Waals surface area contributed by atoms with Crippen LogP contribution in [0.15, 0.2) is 24.5 Å². The van der Waals surface area contributed by atoms with Crippen molar-refractivity contribution in [3.63, 3.8) is 0 Å². The van der Waals surface area contributed by atoms with Crippen molar-refractivity contribution >= 4 is 11.9 Å². The molecular formula is C11H15N3O3. The summed E-state index contributed by atoms with van der Waals surface area (Å²) in [5.41, 5.74) is 6.17. The highest BCUT2D eigenvalue weighted by Crippen LogP contribution is 1.97. The van der Waals surface area contributed by atoms with E-state index in [1.807, 2.05) is 6.07 Å². The van der Waals surface area contributed by atoms with Crippen LogP contribution in [-0.2, 0) is 16.1 Å². The monoisotopic (exact) mass is 237 g/mol. The van der Waals surface area contributed by atoms with E-state index in [0.717, 1.165) is 5.56 Å². The van der Waals surface area contributed by atoms with Crippen LogP contribution in [0.25, 0.3) is 0 Å². The summed E-state index contributed by atoms with van der Waals surface area (Å²) in [6.45, 7) is 0.384. The maximum atomic E-state index is 11.4. The van der Waals surface area contributed by atoms with Crippen molar-refractivity contribution in [2.24, 2.45) is 5.73 Å². The van der Waals surface area contributed by atoms with E-state index in [-0.39, 0.29) is 18.7 Å². The number of carboxylic acids is 1. The quantitative estimate of drug-likeness (QED) is 0.640. The summed E-state index contributed by atoms with van der Waals surface area (Å²) in [5.74, 6) is -1.31. The maximum absolute atomic E-state index is 11.4. The number of aliphatic carboxylic acids is 1. The Kier molecular flexibility index (Phi) is 5.09. The molecule has 0 saturated heterocycles. The summed E-state index contributed by atoms with van der Waals surface area (Å²) in [6.07, 6.45) is 3.54. The molecule has 0 spiro atoms. The number of carbonyl (C=O) groups excluding carboxylic acids is 1. The Labute approximate surface area is 98.8 Å². The topological polar surface area (TPSA) is 105 Å². The third-order valence-corrected chi connectivity index (χ3v) is 2.21. The predicted octanol–water partition coefficient (Wildman–Crippen LogP) is -0.110. The van der Waals surface area contributed by atoms with Crippen LogP contribution in [-0.4, -0.2) is 28.0 Å². The number of nitrogens with two attached hydrogens (primary N) is 1. The number of nitrogens with one attached hydrogen (secondary N) is 1. The van der Waals surface area contributed by atoms with E-state index in [1.54, 1.807) is 18.5 Å². The lowest BCUT2D eigenvalue weighted by Gasteiger charge is -2.07. The minimum absolute atomic E-state index is 0.105. The second kappa shape index (κ2) is 6.59. The number of amides is 1. The number of pyridine rings is 1. The summed E-state index contributed by atoms with van der Waals surface area (Å²) in [5, 5.41) is 11.2. The fourth-order valence-electron chi connectivity index (χ4n) is 1.20. The molecule has 6 nitrogen and oxygen atoms in total. The van der Waals surface area contributed by atoms with Crippen LogP contribution in [0.4, 0.5) is 0 Å². The van der Waals surface area contributed by atoms with Crippen LogP contribution in [0.3, 0.4) is 0 Å². The van der Waals surface area contributed by atoms with E-state index in [1.165, 1.54) is 0 Å². The first kappa shape index (κ1) is 13.1. The van der Waals surface area contributed by atoms with Gasteiger partial charge in [0.2, 0.25) is 5.91 Å². The van der Waals surface area contributed by atoms with Gasteiger partial charge in [-0.15, -0.1) is 0 Å². The zero-order valence-electron chi connectivity index (χ0n) is 9.30. The molecule has 0 bridgehead atoms. The highest BCUT2D eigenvalue weighted by atomic mass is 16.4. The molecule has 1 amide bonds. The third kappa shape index (κ3) is 5.07. The van der Waals surface area contributed by atoms with Crippen molar-refractivity contribution in [1.82, 2.24) is 10.3 Å². The Bertz CT molecular complexity index is 381. The highest BCUT2D eigenvalue weighted by molar-refractivity contribution is 5.78. The molecule has 92 valence electrons. The Hall–Kier alpha value is -1.95. The van der Waals surface area contributed by atoms with Gasteiger partial charge in [-0.3, -0.25) is 14.6 Å². The van der Waals surface area contributed by atoms with Gasteiger partial charge < -0.3 is 16.2 Å². The number of carboxylic acid groups (broad SMARTS) is 1. The summed E-state index contributed by atoms with van der Waals surface area (Å²) in [7, 11) is 0. The molecule has 0 aliphatic rings. The van der Waals surface area contributed by atoms with Gasteiger partial charge in [-0.25, -0.2) is 0 Å². The summed E-state index contributed by atoms with van der Waals surface area (Å²) >= 11 is 0. The van der Waals surface area contributed by atoms with E-state index < -0.39 is 12.0 Å². The van der Waals surface area contributed by atoms with Crippen molar-refractivity contribution in [3.8, 4) is 0 Å². The van der Waals surface area contributed by atoms with Gasteiger partial charge in [-0.1, -0.05) is 6.07 Å². The lowest BCUT2D eigenvalue weighted by molar-refractivity contribution is -0.138. The number of hydrogen-bond acceptors (Lipinski definition) is 4. The minimum atomic E-state index is -1.09. The Morgan fingerprint density at radius 2 is 2.29 bits per heavy atom. The van der Waals surface area contributed by atoms with Gasteiger partial charge in [0.15, 0.2) is 0 Å². The van der Waals surface area contributed by atoms with Gasteiger partial charge in [-0.2, -0.15) is 0 Å². The lowest BCUT2D eigenvalue weighted by Crippen LogP contribution is -2.32. The van der Waals surface area contributed by atoms with Gasteiger partial charge in [0, 0.05) is 25.4 Å². The van der Waals surface area contributed by atoms with Crippen molar-refractivity contribution in [3.05, 3.63) is 30.1 Å². The number of rotatable bonds is 6. The zero-order valence-corrected chi connectivity index (χ0v) is 9.30. The number of hydrogen-bond donors (Lipinski definition) is 3. The second-order valence-electron chi connectivity index (χ2n) is 3.62. The molecule has 0 radical (unpaired) electrons. The van der Waals surface area contributed by atoms with Gasteiger partial charge in [0.1, 0.15) is 6.04 Å². The van der Waals surface area contributed by atoms with Crippen LogP contribution in [0.5, 0.6) is 0 Å². The molecule has 0 aliphatic heterocycles. The predicted molar refractivity (Wildman–Crippen MR) is 60.9 cm³/mol. The standard InChI is InChI=1S/C11H15N3O3/c12-9(11(16)17)3-4-10(15)14-7-8-2-1-5-13-6-8/h1-2,5-6,9H,3-4,7,12H2,(H,14,15)(H,16,17)/t9-/m0/s1. The molecule has 1 rings (SSSR count). The molecular weight excluding hydrogens is 222 g/mol. The Balaban J connectivity index is 2.24. The lowest BCUT2D eigenvalue weighted by atomic mass is 10.1. The van der Waals surface area contributed by atoms with Crippen molar-refractivity contribution in [2.75, 3.05) is 0 Å². The molecule has 17 heavy (non-hydrogen) atoms.